The van der Waals surface area contributed by atoms with Crippen molar-refractivity contribution in [2.24, 2.45) is 0 Å². The smallest absolute Gasteiger partial charge is 0.330 e. The molecule has 0 unspecified atom stereocenters. The van der Waals surface area contributed by atoms with Crippen molar-refractivity contribution in [1.82, 2.24) is 15.5 Å². The fourth-order valence-corrected chi connectivity index (χ4v) is 2.48. The zero-order valence-electron chi connectivity index (χ0n) is 11.6. The van der Waals surface area contributed by atoms with Crippen LogP contribution in [0.1, 0.15) is 5.56 Å². The first-order chi connectivity index (χ1) is 11.0. The minimum absolute atomic E-state index is 0.0804. The number of urea groups is 1. The Morgan fingerprint density at radius 1 is 1.13 bits per heavy atom. The summed E-state index contributed by atoms with van der Waals surface area (Å²) in [6.45, 7) is 0.0537. The quantitative estimate of drug-likeness (QED) is 0.854. The summed E-state index contributed by atoms with van der Waals surface area (Å²) in [5.41, 5.74) is 0.645. The molecule has 0 bridgehead atoms. The van der Waals surface area contributed by atoms with Crippen molar-refractivity contribution in [1.29, 1.82) is 0 Å². The summed E-state index contributed by atoms with van der Waals surface area (Å²) in [7, 11) is 0. The minimum Gasteiger partial charge on any atom is -0.472 e. The molecule has 0 radical (unpaired) electrons. The van der Waals surface area contributed by atoms with Gasteiger partial charge in [-0.25, -0.2) is 4.79 Å². The Labute approximate surface area is 141 Å². The van der Waals surface area contributed by atoms with E-state index in [2.05, 4.69) is 15.5 Å². The number of ether oxygens (including phenoxy) is 1. The second-order valence-corrected chi connectivity index (χ2v) is 5.47. The number of carbonyl (C=O) groups excluding carboxylic acids is 2. The number of amides is 3. The summed E-state index contributed by atoms with van der Waals surface area (Å²) < 4.78 is 5.49. The maximum atomic E-state index is 11.5. The zero-order valence-corrected chi connectivity index (χ0v) is 13.1. The van der Waals surface area contributed by atoms with Crippen molar-refractivity contribution < 1.29 is 14.3 Å². The summed E-state index contributed by atoms with van der Waals surface area (Å²) in [5.74, 6) is 0.123. The Bertz CT molecular complexity index is 747. The Balaban J connectivity index is 1.68. The molecule has 1 N–H and O–H groups in total. The monoisotopic (exact) mass is 352 g/mol. The van der Waals surface area contributed by atoms with Crippen LogP contribution < -0.4 is 15.0 Å². The predicted molar refractivity (Wildman–Crippen MR) is 83.7 cm³/mol. The highest BCUT2D eigenvalue weighted by Crippen LogP contribution is 2.25. The Morgan fingerprint density at radius 2 is 1.87 bits per heavy atom. The van der Waals surface area contributed by atoms with Crippen LogP contribution in [0.4, 0.5) is 10.6 Å². The van der Waals surface area contributed by atoms with E-state index in [1.165, 1.54) is 11.0 Å². The highest BCUT2D eigenvalue weighted by atomic mass is 35.5. The summed E-state index contributed by atoms with van der Waals surface area (Å²) in [5, 5.41) is 10.9. The summed E-state index contributed by atoms with van der Waals surface area (Å²) in [6, 6.07) is 7.72. The van der Waals surface area contributed by atoms with Gasteiger partial charge in [-0.1, -0.05) is 29.3 Å². The Hall–Kier alpha value is -2.38. The molecule has 0 aliphatic carbocycles. The number of imide groups is 1. The summed E-state index contributed by atoms with van der Waals surface area (Å²) in [4.78, 5) is 23.9. The van der Waals surface area contributed by atoms with Gasteiger partial charge in [0.15, 0.2) is 5.82 Å². The normalized spacial score (nSPS) is 14.1. The minimum atomic E-state index is -0.527. The molecule has 118 valence electrons. The van der Waals surface area contributed by atoms with Gasteiger partial charge in [-0.05, 0) is 18.2 Å². The van der Waals surface area contributed by atoms with E-state index in [9.17, 15) is 9.59 Å². The van der Waals surface area contributed by atoms with E-state index < -0.39 is 6.03 Å². The summed E-state index contributed by atoms with van der Waals surface area (Å²) >= 11 is 12.1. The largest absolute Gasteiger partial charge is 0.472 e. The van der Waals surface area contributed by atoms with E-state index in [0.717, 1.165) is 0 Å². The van der Waals surface area contributed by atoms with E-state index in [0.29, 0.717) is 15.6 Å². The van der Waals surface area contributed by atoms with Crippen molar-refractivity contribution in [3.8, 4) is 5.88 Å². The van der Waals surface area contributed by atoms with Gasteiger partial charge in [-0.3, -0.25) is 15.0 Å². The molecule has 2 heterocycles. The lowest BCUT2D eigenvalue weighted by atomic mass is 10.2. The molecule has 3 amide bonds. The third-order valence-corrected chi connectivity index (χ3v) is 3.83. The van der Waals surface area contributed by atoms with E-state index >= 15 is 0 Å². The topological polar surface area (TPSA) is 84.4 Å². The number of rotatable bonds is 4. The van der Waals surface area contributed by atoms with Crippen molar-refractivity contribution >= 4 is 41.0 Å². The van der Waals surface area contributed by atoms with Gasteiger partial charge in [0, 0.05) is 21.7 Å². The second-order valence-electron chi connectivity index (χ2n) is 4.66. The fraction of sp³-hybridized carbons (Fsp3) is 0.143. The van der Waals surface area contributed by atoms with Crippen LogP contribution in [0.15, 0.2) is 30.3 Å². The molecule has 1 aromatic heterocycles. The molecule has 23 heavy (non-hydrogen) atoms. The maximum absolute atomic E-state index is 11.5. The zero-order chi connectivity index (χ0) is 16.4. The lowest BCUT2D eigenvalue weighted by molar-refractivity contribution is -0.117. The molecular formula is C14H10Cl2N4O3. The predicted octanol–water partition coefficient (Wildman–Crippen LogP) is 2.42. The number of nitrogens with zero attached hydrogens (tertiary/aromatic N) is 3. The molecule has 7 nitrogen and oxygen atoms in total. The van der Waals surface area contributed by atoms with E-state index in [4.69, 9.17) is 27.9 Å². The van der Waals surface area contributed by atoms with Gasteiger partial charge in [0.1, 0.15) is 13.2 Å². The molecule has 1 fully saturated rings. The molecule has 0 atom stereocenters. The van der Waals surface area contributed by atoms with Crippen molar-refractivity contribution in [2.75, 3.05) is 11.4 Å². The van der Waals surface area contributed by atoms with Gasteiger partial charge in [0.05, 0.1) is 0 Å². The first-order valence-corrected chi connectivity index (χ1v) is 7.31. The molecule has 0 saturated carbocycles. The molecule has 2 aromatic rings. The molecule has 1 aliphatic rings. The highest BCUT2D eigenvalue weighted by molar-refractivity contribution is 6.35. The highest BCUT2D eigenvalue weighted by Gasteiger charge is 2.29. The number of hydrogen-bond donors (Lipinski definition) is 1. The number of benzene rings is 1. The van der Waals surface area contributed by atoms with E-state index in [1.54, 1.807) is 24.3 Å². The van der Waals surface area contributed by atoms with Gasteiger partial charge in [0.25, 0.3) is 0 Å². The standard InChI is InChI=1S/C14H10Cl2N4O3/c15-9-2-1-3-10(16)8(9)7-23-13-5-4-11(18-19-13)20-6-12(21)17-14(20)22/h1-5H,6-7H2,(H,17,21,22). The number of anilines is 1. The molecule has 9 heteroatoms. The Kier molecular flexibility index (Phi) is 4.31. The van der Waals surface area contributed by atoms with Crippen LogP contribution in [-0.4, -0.2) is 28.7 Å². The molecule has 1 aliphatic heterocycles. The van der Waals surface area contributed by atoms with Crippen LogP contribution in [0.2, 0.25) is 10.0 Å². The SMILES string of the molecule is O=C1CN(c2ccc(OCc3c(Cl)cccc3Cl)nn2)C(=O)N1. The third kappa shape index (κ3) is 3.35. The van der Waals surface area contributed by atoms with E-state index in [1.807, 2.05) is 0 Å². The average molecular weight is 353 g/mol. The molecule has 1 saturated heterocycles. The molecule has 0 spiro atoms. The van der Waals surface area contributed by atoms with Crippen molar-refractivity contribution in [2.45, 2.75) is 6.61 Å². The van der Waals surface area contributed by atoms with Crippen molar-refractivity contribution in [3.63, 3.8) is 0 Å². The third-order valence-electron chi connectivity index (χ3n) is 3.12. The van der Waals surface area contributed by atoms with Crippen LogP contribution >= 0.6 is 23.2 Å². The molecular weight excluding hydrogens is 343 g/mol. The molecule has 3 rings (SSSR count). The lowest BCUT2D eigenvalue weighted by Gasteiger charge is -2.12. The number of hydrogen-bond acceptors (Lipinski definition) is 5. The number of aromatic nitrogens is 2. The first-order valence-electron chi connectivity index (χ1n) is 6.55. The maximum Gasteiger partial charge on any atom is 0.330 e. The number of nitrogens with one attached hydrogen (secondary N) is 1. The van der Waals surface area contributed by atoms with Crippen molar-refractivity contribution in [3.05, 3.63) is 45.9 Å². The average Bonchev–Trinajstić information content (AvgIpc) is 2.86. The first kappa shape index (κ1) is 15.5. The Morgan fingerprint density at radius 3 is 2.43 bits per heavy atom. The number of halogens is 2. The lowest BCUT2D eigenvalue weighted by Crippen LogP contribution is -2.28. The van der Waals surface area contributed by atoms with Gasteiger partial charge < -0.3 is 4.74 Å². The van der Waals surface area contributed by atoms with Crippen LogP contribution in [0, 0.1) is 0 Å². The van der Waals surface area contributed by atoms with Crippen LogP contribution in [-0.2, 0) is 11.4 Å². The fourth-order valence-electron chi connectivity index (χ4n) is 1.98. The molecule has 1 aromatic carbocycles. The van der Waals surface area contributed by atoms with Gasteiger partial charge in [-0.2, -0.15) is 0 Å². The van der Waals surface area contributed by atoms with Crippen LogP contribution in [0.5, 0.6) is 5.88 Å². The van der Waals surface area contributed by atoms with Gasteiger partial charge in [-0.15, -0.1) is 10.2 Å². The van der Waals surface area contributed by atoms with Gasteiger partial charge in [0.2, 0.25) is 11.8 Å². The van der Waals surface area contributed by atoms with E-state index in [-0.39, 0.29) is 30.8 Å². The summed E-state index contributed by atoms with van der Waals surface area (Å²) in [6.07, 6.45) is 0. The second kappa shape index (κ2) is 6.39. The van der Waals surface area contributed by atoms with Crippen LogP contribution in [0.25, 0.3) is 0 Å². The number of carbonyl (C=O) groups is 2. The van der Waals surface area contributed by atoms with Gasteiger partial charge >= 0.3 is 6.03 Å². The van der Waals surface area contributed by atoms with Crippen LogP contribution in [0.3, 0.4) is 0 Å².